The van der Waals surface area contributed by atoms with E-state index in [9.17, 15) is 0 Å². The van der Waals surface area contributed by atoms with Crippen molar-refractivity contribution in [3.8, 4) is 0 Å². The van der Waals surface area contributed by atoms with Gasteiger partial charge in [-0.25, -0.2) is 4.99 Å². The summed E-state index contributed by atoms with van der Waals surface area (Å²) in [4.78, 5) is 9.63. The number of nitrogens with zero attached hydrogens (tertiary/aromatic N) is 3. The molecule has 1 heterocycles. The molecule has 0 spiro atoms. The van der Waals surface area contributed by atoms with Crippen LogP contribution in [0.2, 0.25) is 0 Å². The third-order valence-electron chi connectivity index (χ3n) is 5.78. The van der Waals surface area contributed by atoms with Crippen LogP contribution in [-0.2, 0) is 17.8 Å². The smallest absolute Gasteiger partial charge is 0.191 e. The van der Waals surface area contributed by atoms with Crippen molar-refractivity contribution >= 4 is 35.6 Å². The average molecular weight is 566 g/mol. The highest BCUT2D eigenvalue weighted by molar-refractivity contribution is 14.0. The first kappa shape index (κ1) is 27.4. The number of aliphatic imine (C=N–C) groups is 1. The summed E-state index contributed by atoms with van der Waals surface area (Å²) < 4.78 is 5.48. The van der Waals surface area contributed by atoms with E-state index in [4.69, 9.17) is 9.73 Å². The van der Waals surface area contributed by atoms with Crippen LogP contribution < -0.4 is 15.5 Å². The van der Waals surface area contributed by atoms with Crippen molar-refractivity contribution in [2.75, 3.05) is 57.9 Å². The normalized spacial score (nSPS) is 14.4. The van der Waals surface area contributed by atoms with Crippen LogP contribution in [0.5, 0.6) is 0 Å². The highest BCUT2D eigenvalue weighted by Gasteiger charge is 2.12. The molecule has 3 rings (SSSR count). The number of guanidine groups is 1. The van der Waals surface area contributed by atoms with E-state index in [0.717, 1.165) is 71.3 Å². The number of halogens is 1. The van der Waals surface area contributed by atoms with Gasteiger partial charge in [0.15, 0.2) is 5.96 Å². The molecule has 2 N–H and O–H groups in total. The fourth-order valence-electron chi connectivity index (χ4n) is 3.86. The molecule has 0 bridgehead atoms. The molecule has 0 atom stereocenters. The summed E-state index contributed by atoms with van der Waals surface area (Å²) in [7, 11) is 2.16. The number of ether oxygens (including phenoxy) is 1. The van der Waals surface area contributed by atoms with Crippen LogP contribution in [0.4, 0.5) is 5.69 Å². The van der Waals surface area contributed by atoms with Gasteiger partial charge in [0.05, 0.1) is 19.8 Å². The van der Waals surface area contributed by atoms with Gasteiger partial charge < -0.3 is 20.3 Å². The number of para-hydroxylation sites is 1. The molecule has 1 fully saturated rings. The van der Waals surface area contributed by atoms with E-state index in [-0.39, 0.29) is 24.0 Å². The molecule has 1 aliphatic rings. The fraction of sp³-hybridized carbons (Fsp3) is 0.500. The number of rotatable bonds is 11. The minimum absolute atomic E-state index is 0. The van der Waals surface area contributed by atoms with E-state index in [1.165, 1.54) is 16.8 Å². The summed E-state index contributed by atoms with van der Waals surface area (Å²) >= 11 is 0. The van der Waals surface area contributed by atoms with Crippen LogP contribution >= 0.6 is 24.0 Å². The molecule has 0 aliphatic carbocycles. The van der Waals surface area contributed by atoms with Crippen LogP contribution in [0.25, 0.3) is 0 Å². The fourth-order valence-corrected chi connectivity index (χ4v) is 3.86. The number of morpholine rings is 1. The Kier molecular flexibility index (Phi) is 13.2. The zero-order valence-corrected chi connectivity index (χ0v) is 22.5. The summed E-state index contributed by atoms with van der Waals surface area (Å²) in [6.45, 7) is 10.3. The Bertz CT molecular complexity index is 811. The second kappa shape index (κ2) is 15.9. The number of anilines is 1. The predicted octanol–water partition coefficient (Wildman–Crippen LogP) is 4.11. The lowest BCUT2D eigenvalue weighted by Gasteiger charge is -2.27. The van der Waals surface area contributed by atoms with Gasteiger partial charge in [-0.1, -0.05) is 42.5 Å². The zero-order chi connectivity index (χ0) is 22.4. The van der Waals surface area contributed by atoms with E-state index >= 15 is 0 Å². The topological polar surface area (TPSA) is 52.1 Å². The maximum Gasteiger partial charge on any atom is 0.191 e. The van der Waals surface area contributed by atoms with Crippen LogP contribution in [0.3, 0.4) is 0 Å². The maximum absolute atomic E-state index is 5.48. The molecule has 2 aromatic carbocycles. The molecule has 0 unspecified atom stereocenters. The first-order chi connectivity index (χ1) is 15.8. The highest BCUT2D eigenvalue weighted by Crippen LogP contribution is 2.14. The van der Waals surface area contributed by atoms with Gasteiger partial charge in [-0.3, -0.25) is 4.90 Å². The van der Waals surface area contributed by atoms with Gasteiger partial charge in [0.2, 0.25) is 0 Å². The summed E-state index contributed by atoms with van der Waals surface area (Å²) in [5.41, 5.74) is 3.92. The lowest BCUT2D eigenvalue weighted by molar-refractivity contribution is 0.0341. The largest absolute Gasteiger partial charge is 0.379 e. The second-order valence-electron chi connectivity index (χ2n) is 8.24. The monoisotopic (exact) mass is 565 g/mol. The SMILES string of the molecule is CCNC(=NCc1ccccc1CN1CCOCC1)NCCCCN(C)c1ccccc1.I. The lowest BCUT2D eigenvalue weighted by atomic mass is 10.1. The van der Waals surface area contributed by atoms with E-state index in [2.05, 4.69) is 89.0 Å². The first-order valence-corrected chi connectivity index (χ1v) is 11.9. The van der Waals surface area contributed by atoms with Gasteiger partial charge in [-0.2, -0.15) is 0 Å². The third kappa shape index (κ3) is 9.90. The molecular weight excluding hydrogens is 525 g/mol. The number of unbranched alkanes of at least 4 members (excludes halogenated alkanes) is 1. The Morgan fingerprint density at radius 2 is 1.67 bits per heavy atom. The van der Waals surface area contributed by atoms with Gasteiger partial charge >= 0.3 is 0 Å². The Morgan fingerprint density at radius 3 is 2.39 bits per heavy atom. The highest BCUT2D eigenvalue weighted by atomic mass is 127. The van der Waals surface area contributed by atoms with Gasteiger partial charge in [0.1, 0.15) is 0 Å². The number of hydrogen-bond acceptors (Lipinski definition) is 4. The zero-order valence-electron chi connectivity index (χ0n) is 20.1. The van der Waals surface area contributed by atoms with Crippen molar-refractivity contribution in [3.05, 3.63) is 65.7 Å². The van der Waals surface area contributed by atoms with Crippen molar-refractivity contribution in [3.63, 3.8) is 0 Å². The molecule has 0 radical (unpaired) electrons. The third-order valence-corrected chi connectivity index (χ3v) is 5.78. The Labute approximate surface area is 216 Å². The van der Waals surface area contributed by atoms with Gasteiger partial charge in [-0.15, -0.1) is 24.0 Å². The predicted molar refractivity (Wildman–Crippen MR) is 150 cm³/mol. The Balaban J connectivity index is 0.00000385. The van der Waals surface area contributed by atoms with E-state index in [0.29, 0.717) is 6.54 Å². The lowest BCUT2D eigenvalue weighted by Crippen LogP contribution is -2.38. The molecule has 0 amide bonds. The first-order valence-electron chi connectivity index (χ1n) is 11.9. The summed E-state index contributed by atoms with van der Waals surface area (Å²) in [5, 5.41) is 6.88. The second-order valence-corrected chi connectivity index (χ2v) is 8.24. The van der Waals surface area contributed by atoms with Crippen molar-refractivity contribution in [2.45, 2.75) is 32.9 Å². The van der Waals surface area contributed by atoms with Gasteiger partial charge in [0, 0.05) is 52.0 Å². The maximum atomic E-state index is 5.48. The Morgan fingerprint density at radius 1 is 0.970 bits per heavy atom. The van der Waals surface area contributed by atoms with Gasteiger partial charge in [0.25, 0.3) is 0 Å². The minimum Gasteiger partial charge on any atom is -0.379 e. The Hall–Kier alpha value is -1.84. The summed E-state index contributed by atoms with van der Waals surface area (Å²) in [5.74, 6) is 0.894. The summed E-state index contributed by atoms with van der Waals surface area (Å²) in [6.07, 6.45) is 2.25. The number of benzene rings is 2. The van der Waals surface area contributed by atoms with Crippen molar-refractivity contribution in [2.24, 2.45) is 4.99 Å². The van der Waals surface area contributed by atoms with Crippen LogP contribution in [0.1, 0.15) is 30.9 Å². The van der Waals surface area contributed by atoms with Crippen LogP contribution in [0.15, 0.2) is 59.6 Å². The summed E-state index contributed by atoms with van der Waals surface area (Å²) in [6, 6.07) is 19.2. The standard InChI is InChI=1S/C26H39N5O.HI/c1-3-27-26(28-15-9-10-16-30(2)25-13-5-4-6-14-25)29-21-23-11-7-8-12-24(23)22-31-17-19-32-20-18-31;/h4-8,11-14H,3,9-10,15-22H2,1-2H3,(H2,27,28,29);1H. The number of nitrogens with one attached hydrogen (secondary N) is 2. The van der Waals surface area contributed by atoms with Crippen LogP contribution in [0, 0.1) is 0 Å². The van der Waals surface area contributed by atoms with Gasteiger partial charge in [-0.05, 0) is 43.0 Å². The van der Waals surface area contributed by atoms with E-state index in [1.807, 2.05) is 0 Å². The average Bonchev–Trinajstić information content (AvgIpc) is 2.84. The molecule has 2 aromatic rings. The van der Waals surface area contributed by atoms with Crippen molar-refractivity contribution in [1.29, 1.82) is 0 Å². The number of hydrogen-bond donors (Lipinski definition) is 2. The molecule has 0 saturated carbocycles. The molecule has 1 saturated heterocycles. The molecule has 1 aliphatic heterocycles. The molecule has 33 heavy (non-hydrogen) atoms. The minimum atomic E-state index is 0. The van der Waals surface area contributed by atoms with Crippen LogP contribution in [-0.4, -0.2) is 63.8 Å². The molecule has 7 heteroatoms. The van der Waals surface area contributed by atoms with Crippen molar-refractivity contribution < 1.29 is 4.74 Å². The quantitative estimate of drug-likeness (QED) is 0.186. The van der Waals surface area contributed by atoms with E-state index in [1.54, 1.807) is 0 Å². The molecule has 6 nitrogen and oxygen atoms in total. The molecular formula is C26H40IN5O. The van der Waals surface area contributed by atoms with E-state index < -0.39 is 0 Å². The molecule has 182 valence electrons. The molecule has 0 aromatic heterocycles. The van der Waals surface area contributed by atoms with Crippen molar-refractivity contribution in [1.82, 2.24) is 15.5 Å².